The summed E-state index contributed by atoms with van der Waals surface area (Å²) in [4.78, 5) is 0. The largest absolute Gasteiger partial charge is 0.496 e. The van der Waals surface area contributed by atoms with Gasteiger partial charge in [-0.3, -0.25) is 0 Å². The van der Waals surface area contributed by atoms with Crippen LogP contribution in [0.1, 0.15) is 31.9 Å². The van der Waals surface area contributed by atoms with Gasteiger partial charge < -0.3 is 14.6 Å². The fraction of sp³-hybridized carbons (Fsp3) is 0.412. The molecule has 0 fully saturated rings. The molecule has 0 radical (unpaired) electrons. The molecule has 114 valence electrons. The Kier molecular flexibility index (Phi) is 5.12. The molecule has 4 heteroatoms. The van der Waals surface area contributed by atoms with E-state index in [1.165, 1.54) is 5.56 Å². The Labute approximate surface area is 135 Å². The number of aromatic nitrogens is 1. The van der Waals surface area contributed by atoms with Crippen LogP contribution in [0.15, 0.2) is 41.1 Å². The van der Waals surface area contributed by atoms with Crippen molar-refractivity contribution in [1.29, 1.82) is 0 Å². The molecule has 0 amide bonds. The lowest BCUT2D eigenvalue weighted by atomic mass is 10.1. The van der Waals surface area contributed by atoms with Gasteiger partial charge in [-0.05, 0) is 50.6 Å². The summed E-state index contributed by atoms with van der Waals surface area (Å²) in [5.41, 5.74) is 2.59. The van der Waals surface area contributed by atoms with Crippen LogP contribution in [0.2, 0.25) is 0 Å². The minimum Gasteiger partial charge on any atom is -0.496 e. The zero-order valence-corrected chi connectivity index (χ0v) is 14.7. The average Bonchev–Trinajstić information content (AvgIpc) is 2.84. The van der Waals surface area contributed by atoms with E-state index in [4.69, 9.17) is 4.74 Å². The Balaban J connectivity index is 2.07. The van der Waals surface area contributed by atoms with Gasteiger partial charge in [0.05, 0.1) is 13.7 Å². The second-order valence-corrected chi connectivity index (χ2v) is 7.17. The van der Waals surface area contributed by atoms with Crippen molar-refractivity contribution in [1.82, 2.24) is 9.88 Å². The topological polar surface area (TPSA) is 26.2 Å². The van der Waals surface area contributed by atoms with Gasteiger partial charge in [-0.25, -0.2) is 0 Å². The first-order valence-electron chi connectivity index (χ1n) is 7.09. The number of methoxy groups -OCH3 is 1. The molecule has 0 saturated carbocycles. The number of rotatable bonds is 5. The molecule has 1 heterocycles. The van der Waals surface area contributed by atoms with Gasteiger partial charge in [0.25, 0.3) is 0 Å². The van der Waals surface area contributed by atoms with E-state index in [9.17, 15) is 0 Å². The fourth-order valence-electron chi connectivity index (χ4n) is 2.13. The third-order valence-corrected chi connectivity index (χ3v) is 3.72. The van der Waals surface area contributed by atoms with E-state index in [1.807, 2.05) is 12.1 Å². The first kappa shape index (κ1) is 16.1. The van der Waals surface area contributed by atoms with E-state index in [2.05, 4.69) is 71.1 Å². The van der Waals surface area contributed by atoms with Crippen LogP contribution in [0.4, 0.5) is 0 Å². The zero-order valence-electron chi connectivity index (χ0n) is 13.1. The summed E-state index contributed by atoms with van der Waals surface area (Å²) in [6.07, 6.45) is 4.29. The monoisotopic (exact) mass is 350 g/mol. The van der Waals surface area contributed by atoms with Crippen LogP contribution in [-0.2, 0) is 13.1 Å². The van der Waals surface area contributed by atoms with Crippen molar-refractivity contribution in [2.75, 3.05) is 7.11 Å². The number of nitrogens with one attached hydrogen (secondary N) is 1. The molecule has 0 saturated heterocycles. The maximum Gasteiger partial charge on any atom is 0.123 e. The van der Waals surface area contributed by atoms with Crippen molar-refractivity contribution >= 4 is 15.9 Å². The van der Waals surface area contributed by atoms with Crippen molar-refractivity contribution in [3.8, 4) is 5.75 Å². The number of ether oxygens (including phenoxy) is 1. The van der Waals surface area contributed by atoms with E-state index < -0.39 is 0 Å². The summed E-state index contributed by atoms with van der Waals surface area (Å²) in [5.74, 6) is 0.918. The van der Waals surface area contributed by atoms with Gasteiger partial charge in [0, 0.05) is 34.5 Å². The number of halogens is 1. The van der Waals surface area contributed by atoms with Crippen LogP contribution in [0, 0.1) is 0 Å². The highest BCUT2D eigenvalue weighted by molar-refractivity contribution is 9.10. The molecule has 0 aliphatic carbocycles. The zero-order chi connectivity index (χ0) is 15.5. The normalized spacial score (nSPS) is 11.7. The molecule has 1 aromatic heterocycles. The van der Waals surface area contributed by atoms with Gasteiger partial charge in [-0.2, -0.15) is 0 Å². The third-order valence-electron chi connectivity index (χ3n) is 3.23. The minimum absolute atomic E-state index is 0.135. The molecule has 0 aliphatic heterocycles. The first-order chi connectivity index (χ1) is 9.87. The molecule has 2 rings (SSSR count). The SMILES string of the molecule is COc1ccc(Br)cc1Cn1ccc(CNC(C)(C)C)c1. The van der Waals surface area contributed by atoms with Crippen LogP contribution in [0.3, 0.4) is 0 Å². The quantitative estimate of drug-likeness (QED) is 0.874. The summed E-state index contributed by atoms with van der Waals surface area (Å²) >= 11 is 3.52. The minimum atomic E-state index is 0.135. The van der Waals surface area contributed by atoms with Crippen LogP contribution in [0.5, 0.6) is 5.75 Å². The number of hydrogen-bond donors (Lipinski definition) is 1. The molecule has 1 aromatic carbocycles. The Bertz CT molecular complexity index is 599. The molecule has 2 aromatic rings. The van der Waals surface area contributed by atoms with E-state index in [1.54, 1.807) is 7.11 Å². The number of nitrogens with zero attached hydrogens (tertiary/aromatic N) is 1. The van der Waals surface area contributed by atoms with E-state index in [0.29, 0.717) is 0 Å². The second kappa shape index (κ2) is 6.67. The highest BCUT2D eigenvalue weighted by Gasteiger charge is 2.09. The van der Waals surface area contributed by atoms with E-state index in [-0.39, 0.29) is 5.54 Å². The molecule has 21 heavy (non-hydrogen) atoms. The predicted molar refractivity (Wildman–Crippen MR) is 90.8 cm³/mol. The van der Waals surface area contributed by atoms with Crippen LogP contribution >= 0.6 is 15.9 Å². The first-order valence-corrected chi connectivity index (χ1v) is 7.89. The summed E-state index contributed by atoms with van der Waals surface area (Å²) < 4.78 is 8.68. The summed E-state index contributed by atoms with van der Waals surface area (Å²) in [6, 6.07) is 8.25. The van der Waals surface area contributed by atoms with Crippen LogP contribution in [0.25, 0.3) is 0 Å². The molecule has 0 atom stereocenters. The maximum atomic E-state index is 5.43. The Hall–Kier alpha value is -1.26. The highest BCUT2D eigenvalue weighted by Crippen LogP contribution is 2.24. The standard InChI is InChI=1S/C17H23BrN2O/c1-17(2,3)19-10-13-7-8-20(11-13)12-14-9-15(18)5-6-16(14)21-4/h5-9,11,19H,10,12H2,1-4H3. The summed E-state index contributed by atoms with van der Waals surface area (Å²) in [6.45, 7) is 8.22. The molecular weight excluding hydrogens is 328 g/mol. The van der Waals surface area contributed by atoms with Gasteiger partial charge >= 0.3 is 0 Å². The van der Waals surface area contributed by atoms with Crippen LogP contribution < -0.4 is 10.1 Å². The Morgan fingerprint density at radius 3 is 2.67 bits per heavy atom. The van der Waals surface area contributed by atoms with Crippen molar-refractivity contribution in [2.45, 2.75) is 39.4 Å². The molecule has 0 spiro atoms. The summed E-state index contributed by atoms with van der Waals surface area (Å²) in [5, 5.41) is 3.50. The van der Waals surface area contributed by atoms with Crippen molar-refractivity contribution < 1.29 is 4.74 Å². The molecule has 0 aliphatic rings. The van der Waals surface area contributed by atoms with Crippen molar-refractivity contribution in [3.63, 3.8) is 0 Å². The van der Waals surface area contributed by atoms with E-state index in [0.717, 1.165) is 28.9 Å². The van der Waals surface area contributed by atoms with Gasteiger partial charge in [-0.15, -0.1) is 0 Å². The third kappa shape index (κ3) is 4.90. The lowest BCUT2D eigenvalue weighted by molar-refractivity contribution is 0.408. The maximum absolute atomic E-state index is 5.43. The van der Waals surface area contributed by atoms with Crippen molar-refractivity contribution in [2.24, 2.45) is 0 Å². The van der Waals surface area contributed by atoms with Gasteiger partial charge in [0.15, 0.2) is 0 Å². The Morgan fingerprint density at radius 2 is 2.00 bits per heavy atom. The smallest absolute Gasteiger partial charge is 0.123 e. The van der Waals surface area contributed by atoms with E-state index >= 15 is 0 Å². The van der Waals surface area contributed by atoms with Gasteiger partial charge in [-0.1, -0.05) is 15.9 Å². The highest BCUT2D eigenvalue weighted by atomic mass is 79.9. The lowest BCUT2D eigenvalue weighted by Crippen LogP contribution is -2.34. The lowest BCUT2D eigenvalue weighted by Gasteiger charge is -2.19. The van der Waals surface area contributed by atoms with Crippen molar-refractivity contribution in [3.05, 3.63) is 52.3 Å². The van der Waals surface area contributed by atoms with Gasteiger partial charge in [0.2, 0.25) is 0 Å². The number of hydrogen-bond acceptors (Lipinski definition) is 2. The number of benzene rings is 1. The summed E-state index contributed by atoms with van der Waals surface area (Å²) in [7, 11) is 1.71. The second-order valence-electron chi connectivity index (χ2n) is 6.25. The molecule has 3 nitrogen and oxygen atoms in total. The molecule has 0 unspecified atom stereocenters. The van der Waals surface area contributed by atoms with Crippen LogP contribution in [-0.4, -0.2) is 17.2 Å². The molecule has 1 N–H and O–H groups in total. The predicted octanol–water partition coefficient (Wildman–Crippen LogP) is 4.20. The molecule has 0 bridgehead atoms. The Morgan fingerprint density at radius 1 is 1.24 bits per heavy atom. The molecular formula is C17H23BrN2O. The van der Waals surface area contributed by atoms with Gasteiger partial charge in [0.1, 0.15) is 5.75 Å². The fourth-order valence-corrected chi connectivity index (χ4v) is 2.54. The average molecular weight is 351 g/mol.